The number of aromatic nitrogens is 3. The van der Waals surface area contributed by atoms with Crippen LogP contribution in [0.3, 0.4) is 0 Å². The fourth-order valence-electron chi connectivity index (χ4n) is 4.63. The molecule has 0 unspecified atom stereocenters. The number of fused-ring (bicyclic) bond motifs is 2. The molecule has 8 nitrogen and oxygen atoms in total. The minimum absolute atomic E-state index is 0.134. The number of hydrogen-bond acceptors (Lipinski definition) is 7. The summed E-state index contributed by atoms with van der Waals surface area (Å²) < 4.78 is 18.4. The van der Waals surface area contributed by atoms with Gasteiger partial charge in [0.25, 0.3) is 0 Å². The Kier molecular flexibility index (Phi) is 7.51. The van der Waals surface area contributed by atoms with Crippen molar-refractivity contribution in [1.29, 1.82) is 0 Å². The zero-order valence-corrected chi connectivity index (χ0v) is 21.5. The SMILES string of the molecule is COCCCOC(=O)Cc1ccccc1OCc1nn(C)c2ccc(-c3cccc4c(N)nccc34)cc12. The summed E-state index contributed by atoms with van der Waals surface area (Å²) in [5, 5.41) is 7.69. The molecule has 2 aromatic heterocycles. The number of carbonyl (C=O) groups is 1. The molecule has 194 valence electrons. The van der Waals surface area contributed by atoms with Crippen LogP contribution in [0.4, 0.5) is 5.82 Å². The van der Waals surface area contributed by atoms with E-state index in [-0.39, 0.29) is 19.0 Å². The second-order valence-electron chi connectivity index (χ2n) is 9.04. The third-order valence-corrected chi connectivity index (χ3v) is 6.50. The van der Waals surface area contributed by atoms with Gasteiger partial charge in [0.1, 0.15) is 23.9 Å². The summed E-state index contributed by atoms with van der Waals surface area (Å²) >= 11 is 0. The Morgan fingerprint density at radius 3 is 2.71 bits per heavy atom. The van der Waals surface area contributed by atoms with Crippen LogP contribution in [-0.2, 0) is 34.3 Å². The van der Waals surface area contributed by atoms with E-state index in [1.807, 2.05) is 54.2 Å². The molecule has 0 radical (unpaired) electrons. The van der Waals surface area contributed by atoms with Gasteiger partial charge in [-0.1, -0.05) is 42.5 Å². The number of esters is 1. The molecule has 0 saturated carbocycles. The number of para-hydroxylation sites is 1. The fraction of sp³-hybridized carbons (Fsp3) is 0.233. The molecule has 38 heavy (non-hydrogen) atoms. The Morgan fingerprint density at radius 2 is 1.84 bits per heavy atom. The molecule has 8 heteroatoms. The van der Waals surface area contributed by atoms with Crippen molar-refractivity contribution in [1.82, 2.24) is 14.8 Å². The monoisotopic (exact) mass is 510 g/mol. The molecule has 0 aliphatic carbocycles. The number of ether oxygens (including phenoxy) is 3. The van der Waals surface area contributed by atoms with Gasteiger partial charge in [0.15, 0.2) is 0 Å². The number of anilines is 1. The van der Waals surface area contributed by atoms with Crippen LogP contribution in [0.2, 0.25) is 0 Å². The second kappa shape index (κ2) is 11.3. The summed E-state index contributed by atoms with van der Waals surface area (Å²) in [7, 11) is 3.54. The van der Waals surface area contributed by atoms with Crippen molar-refractivity contribution >= 4 is 33.5 Å². The topological polar surface area (TPSA) is 101 Å². The molecule has 2 heterocycles. The van der Waals surface area contributed by atoms with Gasteiger partial charge in [0.2, 0.25) is 0 Å². The summed E-state index contributed by atoms with van der Waals surface area (Å²) in [5.41, 5.74) is 10.8. The third-order valence-electron chi connectivity index (χ3n) is 6.50. The normalized spacial score (nSPS) is 11.2. The number of rotatable bonds is 10. The van der Waals surface area contributed by atoms with E-state index in [1.165, 1.54) is 0 Å². The number of hydrogen-bond donors (Lipinski definition) is 1. The van der Waals surface area contributed by atoms with E-state index in [2.05, 4.69) is 29.2 Å². The average Bonchev–Trinajstić information content (AvgIpc) is 3.25. The first-order valence-electron chi connectivity index (χ1n) is 12.5. The van der Waals surface area contributed by atoms with Crippen molar-refractivity contribution in [3.8, 4) is 16.9 Å². The van der Waals surface area contributed by atoms with E-state index in [1.54, 1.807) is 13.3 Å². The van der Waals surface area contributed by atoms with Crippen LogP contribution in [-0.4, -0.2) is 41.1 Å². The predicted molar refractivity (Wildman–Crippen MR) is 148 cm³/mol. The summed E-state index contributed by atoms with van der Waals surface area (Å²) in [6, 6.07) is 21.8. The summed E-state index contributed by atoms with van der Waals surface area (Å²) in [6.07, 6.45) is 2.53. The van der Waals surface area contributed by atoms with Crippen LogP contribution in [0.25, 0.3) is 32.8 Å². The average molecular weight is 511 g/mol. The Hall–Kier alpha value is -4.43. The highest BCUT2D eigenvalue weighted by Crippen LogP contribution is 2.33. The number of aryl methyl sites for hydroxylation is 1. The molecule has 0 bridgehead atoms. The molecule has 2 N–H and O–H groups in total. The van der Waals surface area contributed by atoms with Crippen LogP contribution in [0.1, 0.15) is 17.7 Å². The maximum atomic E-state index is 12.3. The fourth-order valence-corrected chi connectivity index (χ4v) is 4.63. The van der Waals surface area contributed by atoms with E-state index in [9.17, 15) is 4.79 Å². The lowest BCUT2D eigenvalue weighted by Gasteiger charge is -2.11. The van der Waals surface area contributed by atoms with E-state index < -0.39 is 0 Å². The van der Waals surface area contributed by atoms with Crippen molar-refractivity contribution in [2.75, 3.05) is 26.1 Å². The Bertz CT molecular complexity index is 1590. The molecule has 0 saturated heterocycles. The lowest BCUT2D eigenvalue weighted by atomic mass is 9.97. The van der Waals surface area contributed by atoms with Gasteiger partial charge < -0.3 is 19.9 Å². The molecule has 3 aromatic carbocycles. The van der Waals surface area contributed by atoms with Crippen LogP contribution < -0.4 is 10.5 Å². The van der Waals surface area contributed by atoms with Crippen molar-refractivity contribution < 1.29 is 19.0 Å². The van der Waals surface area contributed by atoms with Gasteiger partial charge in [-0.3, -0.25) is 9.48 Å². The van der Waals surface area contributed by atoms with E-state index in [4.69, 9.17) is 25.0 Å². The highest BCUT2D eigenvalue weighted by atomic mass is 16.5. The highest BCUT2D eigenvalue weighted by molar-refractivity contribution is 6.02. The van der Waals surface area contributed by atoms with Gasteiger partial charge in [0.05, 0.1) is 18.5 Å². The first-order valence-corrected chi connectivity index (χ1v) is 12.5. The molecule has 0 atom stereocenters. The molecular formula is C30H30N4O4. The van der Waals surface area contributed by atoms with Gasteiger partial charge in [-0.05, 0) is 40.8 Å². The Morgan fingerprint density at radius 1 is 0.974 bits per heavy atom. The smallest absolute Gasteiger partial charge is 0.310 e. The van der Waals surface area contributed by atoms with Crippen LogP contribution in [0.5, 0.6) is 5.75 Å². The van der Waals surface area contributed by atoms with Crippen LogP contribution >= 0.6 is 0 Å². The maximum absolute atomic E-state index is 12.3. The van der Waals surface area contributed by atoms with Gasteiger partial charge in [-0.2, -0.15) is 5.10 Å². The standard InChI is InChI=1S/C30H30N4O4/c1-34-27-12-11-20(22-8-5-9-24-23(22)13-14-32-30(24)31)17-25(27)26(33-34)19-38-28-10-4-3-7-21(28)18-29(35)37-16-6-15-36-2/h3-5,7-14,17H,6,15-16,18-19H2,1-2H3,(H2,31,32). The number of carbonyl (C=O) groups excluding carboxylic acids is 1. The number of methoxy groups -OCH3 is 1. The molecular weight excluding hydrogens is 480 g/mol. The molecule has 5 aromatic rings. The zero-order valence-electron chi connectivity index (χ0n) is 21.5. The Labute approximate surface area is 220 Å². The van der Waals surface area contributed by atoms with Crippen molar-refractivity contribution in [2.24, 2.45) is 7.05 Å². The zero-order chi connectivity index (χ0) is 26.5. The van der Waals surface area contributed by atoms with Crippen LogP contribution in [0.15, 0.2) is 72.9 Å². The number of benzene rings is 3. The summed E-state index contributed by atoms with van der Waals surface area (Å²) in [5.74, 6) is 0.850. The van der Waals surface area contributed by atoms with Gasteiger partial charge in [-0.25, -0.2) is 4.98 Å². The van der Waals surface area contributed by atoms with Crippen molar-refractivity contribution in [2.45, 2.75) is 19.4 Å². The maximum Gasteiger partial charge on any atom is 0.310 e. The quantitative estimate of drug-likeness (QED) is 0.207. The minimum atomic E-state index is -0.295. The van der Waals surface area contributed by atoms with Crippen molar-refractivity contribution in [3.63, 3.8) is 0 Å². The molecule has 0 spiro atoms. The molecule has 0 amide bonds. The second-order valence-corrected chi connectivity index (χ2v) is 9.04. The lowest BCUT2D eigenvalue weighted by molar-refractivity contribution is -0.143. The first kappa shape index (κ1) is 25.2. The van der Waals surface area contributed by atoms with E-state index in [0.29, 0.717) is 31.2 Å². The molecule has 0 fully saturated rings. The number of nitrogens with zero attached hydrogens (tertiary/aromatic N) is 3. The predicted octanol–water partition coefficient (Wildman–Crippen LogP) is 5.07. The third kappa shape index (κ3) is 5.31. The van der Waals surface area contributed by atoms with Crippen LogP contribution in [0, 0.1) is 0 Å². The first-order chi connectivity index (χ1) is 18.5. The minimum Gasteiger partial charge on any atom is -0.487 e. The Balaban J connectivity index is 1.39. The highest BCUT2D eigenvalue weighted by Gasteiger charge is 2.15. The van der Waals surface area contributed by atoms with Gasteiger partial charge in [0, 0.05) is 49.7 Å². The number of nitrogens with two attached hydrogens (primary N) is 1. The summed E-state index contributed by atoms with van der Waals surface area (Å²) in [6.45, 7) is 1.14. The lowest BCUT2D eigenvalue weighted by Crippen LogP contribution is -2.11. The summed E-state index contributed by atoms with van der Waals surface area (Å²) in [4.78, 5) is 16.5. The molecule has 0 aliphatic rings. The van der Waals surface area contributed by atoms with Gasteiger partial charge >= 0.3 is 5.97 Å². The number of nitrogen functional groups attached to an aromatic ring is 1. The number of pyridine rings is 1. The van der Waals surface area contributed by atoms with E-state index >= 15 is 0 Å². The molecule has 0 aliphatic heterocycles. The van der Waals surface area contributed by atoms with E-state index in [0.717, 1.165) is 44.1 Å². The van der Waals surface area contributed by atoms with Gasteiger partial charge in [-0.15, -0.1) is 0 Å². The molecule has 5 rings (SSSR count). The van der Waals surface area contributed by atoms with Crippen molar-refractivity contribution in [3.05, 3.63) is 84.2 Å². The largest absolute Gasteiger partial charge is 0.487 e.